The average molecular weight is 280 g/mol. The van der Waals surface area contributed by atoms with Crippen LogP contribution in [0.1, 0.15) is 10.4 Å². The first-order valence-electron chi connectivity index (χ1n) is 5.84. The van der Waals surface area contributed by atoms with Crippen LogP contribution in [0.25, 0.3) is 10.4 Å². The van der Waals surface area contributed by atoms with Gasteiger partial charge in [-0.15, -0.1) is 0 Å². The summed E-state index contributed by atoms with van der Waals surface area (Å²) < 4.78 is 15.5. The maximum atomic E-state index is 11.0. The number of rotatable bonds is 9. The lowest BCUT2D eigenvalue weighted by atomic mass is 10.2. The van der Waals surface area contributed by atoms with E-state index in [-0.39, 0.29) is 13.2 Å². The average Bonchev–Trinajstić information content (AvgIpc) is 2.45. The van der Waals surface area contributed by atoms with Gasteiger partial charge in [-0.25, -0.2) is 0 Å². The van der Waals surface area contributed by atoms with E-state index in [1.165, 1.54) is 13.2 Å². The number of hydrogen-bond donors (Lipinski definition) is 1. The van der Waals surface area contributed by atoms with Gasteiger partial charge in [0.05, 0.1) is 13.2 Å². The third-order valence-electron chi connectivity index (χ3n) is 2.29. The number of ether oxygens (including phenoxy) is 3. The summed E-state index contributed by atoms with van der Waals surface area (Å²) in [5, 5.41) is 3.45. The molecule has 0 bridgehead atoms. The number of nitrogens with zero attached hydrogens (tertiary/aromatic N) is 3. The number of methoxy groups -OCH3 is 1. The second-order valence-electron chi connectivity index (χ2n) is 3.73. The predicted octanol–water partition coefficient (Wildman–Crippen LogP) is 1.46. The fraction of sp³-hybridized carbons (Fsp3) is 0.417. The summed E-state index contributed by atoms with van der Waals surface area (Å²) in [6.07, 6.45) is -0.771. The van der Waals surface area contributed by atoms with Crippen LogP contribution in [0.4, 0.5) is 0 Å². The molecule has 1 aromatic rings. The first-order chi connectivity index (χ1) is 9.67. The van der Waals surface area contributed by atoms with E-state index >= 15 is 0 Å². The molecule has 0 saturated heterocycles. The lowest BCUT2D eigenvalue weighted by molar-refractivity contribution is -0.00165. The van der Waals surface area contributed by atoms with Crippen LogP contribution in [-0.2, 0) is 9.47 Å². The van der Waals surface area contributed by atoms with Crippen LogP contribution < -0.4 is 10.5 Å². The zero-order valence-corrected chi connectivity index (χ0v) is 11.1. The van der Waals surface area contributed by atoms with E-state index in [4.69, 9.17) is 25.5 Å². The molecular formula is C12H16N4O4. The van der Waals surface area contributed by atoms with E-state index < -0.39 is 12.1 Å². The van der Waals surface area contributed by atoms with Gasteiger partial charge in [-0.1, -0.05) is 11.2 Å². The predicted molar refractivity (Wildman–Crippen MR) is 71.2 cm³/mol. The highest BCUT2D eigenvalue weighted by molar-refractivity contribution is 5.93. The quantitative estimate of drug-likeness (QED) is 0.318. The third-order valence-corrected chi connectivity index (χ3v) is 2.29. The molecule has 1 rings (SSSR count). The number of carbonyl (C=O) groups excluding carboxylic acids is 1. The van der Waals surface area contributed by atoms with Gasteiger partial charge in [0.2, 0.25) is 5.91 Å². The second kappa shape index (κ2) is 8.76. The van der Waals surface area contributed by atoms with Gasteiger partial charge >= 0.3 is 0 Å². The smallest absolute Gasteiger partial charge is 0.248 e. The summed E-state index contributed by atoms with van der Waals surface area (Å²) in [7, 11) is 1.54. The van der Waals surface area contributed by atoms with Crippen molar-refractivity contribution in [3.63, 3.8) is 0 Å². The summed E-state index contributed by atoms with van der Waals surface area (Å²) in [4.78, 5) is 13.7. The van der Waals surface area contributed by atoms with Gasteiger partial charge < -0.3 is 19.9 Å². The highest BCUT2D eigenvalue weighted by Crippen LogP contribution is 2.13. The fourth-order valence-electron chi connectivity index (χ4n) is 1.35. The summed E-state index contributed by atoms with van der Waals surface area (Å²) >= 11 is 0. The Balaban J connectivity index is 2.55. The molecule has 1 amide bonds. The molecule has 0 aliphatic carbocycles. The Labute approximate surface area is 116 Å². The first-order valence-corrected chi connectivity index (χ1v) is 5.84. The molecule has 8 nitrogen and oxygen atoms in total. The van der Waals surface area contributed by atoms with Gasteiger partial charge in [0.15, 0.2) is 6.23 Å². The maximum Gasteiger partial charge on any atom is 0.248 e. The van der Waals surface area contributed by atoms with Crippen molar-refractivity contribution in [2.24, 2.45) is 10.8 Å². The molecular weight excluding hydrogens is 264 g/mol. The van der Waals surface area contributed by atoms with Crippen LogP contribution in [0.2, 0.25) is 0 Å². The van der Waals surface area contributed by atoms with Gasteiger partial charge in [0.25, 0.3) is 0 Å². The van der Waals surface area contributed by atoms with Crippen molar-refractivity contribution < 1.29 is 19.0 Å². The van der Waals surface area contributed by atoms with Crippen LogP contribution in [0.3, 0.4) is 0 Å². The molecule has 0 aliphatic rings. The van der Waals surface area contributed by atoms with E-state index in [0.29, 0.717) is 17.9 Å². The monoisotopic (exact) mass is 280 g/mol. The molecule has 8 heteroatoms. The molecule has 20 heavy (non-hydrogen) atoms. The number of hydrogen-bond acceptors (Lipinski definition) is 5. The second-order valence-corrected chi connectivity index (χ2v) is 3.73. The molecule has 0 radical (unpaired) electrons. The number of benzene rings is 1. The Bertz CT molecular complexity index is 488. The summed E-state index contributed by atoms with van der Waals surface area (Å²) in [5.74, 6) is -0.104. The Morgan fingerprint density at radius 2 is 2.30 bits per heavy atom. The lowest BCUT2D eigenvalue weighted by Gasteiger charge is -2.14. The molecule has 0 saturated carbocycles. The first kappa shape index (κ1) is 15.8. The van der Waals surface area contributed by atoms with E-state index in [2.05, 4.69) is 10.0 Å². The van der Waals surface area contributed by atoms with Crippen LogP contribution in [0, 0.1) is 0 Å². The van der Waals surface area contributed by atoms with Crippen LogP contribution in [0.15, 0.2) is 29.4 Å². The number of amides is 1. The third kappa shape index (κ3) is 5.57. The highest BCUT2D eigenvalue weighted by atomic mass is 16.6. The van der Waals surface area contributed by atoms with Gasteiger partial charge in [0.1, 0.15) is 12.4 Å². The largest absolute Gasteiger partial charge is 0.491 e. The van der Waals surface area contributed by atoms with Crippen molar-refractivity contribution in [2.75, 3.05) is 26.9 Å². The molecule has 1 aromatic carbocycles. The topological polar surface area (TPSA) is 120 Å². The van der Waals surface area contributed by atoms with Crippen molar-refractivity contribution in [3.8, 4) is 5.75 Å². The van der Waals surface area contributed by atoms with Crippen molar-refractivity contribution >= 4 is 5.91 Å². The number of primary amides is 1. The molecule has 0 fully saturated rings. The van der Waals surface area contributed by atoms with Gasteiger partial charge in [-0.2, -0.15) is 0 Å². The molecule has 1 atom stereocenters. The van der Waals surface area contributed by atoms with Crippen LogP contribution >= 0.6 is 0 Å². The standard InChI is InChI=1S/C12H16N4O4/c1-18-5-6-19-11(15-16-14)8-20-10-4-2-3-9(7-10)12(13)17/h2-4,7,11H,5-6,8H2,1H3,(H2,13,17). The van der Waals surface area contributed by atoms with E-state index in [0.717, 1.165) is 0 Å². The summed E-state index contributed by atoms with van der Waals surface area (Å²) in [6, 6.07) is 6.39. The number of nitrogens with two attached hydrogens (primary N) is 1. The fourth-order valence-corrected chi connectivity index (χ4v) is 1.35. The maximum absolute atomic E-state index is 11.0. The Kier molecular flexibility index (Phi) is 6.91. The molecule has 2 N–H and O–H groups in total. The zero-order chi connectivity index (χ0) is 14.8. The summed E-state index contributed by atoms with van der Waals surface area (Å²) in [6.45, 7) is 0.690. The molecule has 0 aromatic heterocycles. The van der Waals surface area contributed by atoms with Crippen molar-refractivity contribution in [1.29, 1.82) is 0 Å². The molecule has 0 aliphatic heterocycles. The van der Waals surface area contributed by atoms with Gasteiger partial charge in [-0.3, -0.25) is 4.79 Å². The number of azide groups is 1. The Morgan fingerprint density at radius 1 is 1.50 bits per heavy atom. The van der Waals surface area contributed by atoms with E-state index in [1.807, 2.05) is 0 Å². The Morgan fingerprint density at radius 3 is 2.95 bits per heavy atom. The molecule has 1 unspecified atom stereocenters. The molecule has 0 heterocycles. The Hall–Kier alpha value is -2.28. The lowest BCUT2D eigenvalue weighted by Crippen LogP contribution is -2.21. The molecule has 0 spiro atoms. The van der Waals surface area contributed by atoms with Crippen LogP contribution in [-0.4, -0.2) is 39.1 Å². The van der Waals surface area contributed by atoms with Crippen LogP contribution in [0.5, 0.6) is 5.75 Å². The zero-order valence-electron chi connectivity index (χ0n) is 11.1. The SMILES string of the molecule is COCCOC(COc1cccc(C(N)=O)c1)N=[N+]=[N-]. The van der Waals surface area contributed by atoms with Gasteiger partial charge in [-0.05, 0) is 23.7 Å². The summed E-state index contributed by atoms with van der Waals surface area (Å²) in [5.41, 5.74) is 13.9. The minimum atomic E-state index is -0.771. The van der Waals surface area contributed by atoms with Crippen molar-refractivity contribution in [3.05, 3.63) is 40.3 Å². The van der Waals surface area contributed by atoms with E-state index in [9.17, 15) is 4.79 Å². The normalized spacial score (nSPS) is 11.4. The highest BCUT2D eigenvalue weighted by Gasteiger charge is 2.08. The molecule has 108 valence electrons. The minimum absolute atomic E-state index is 0.0238. The minimum Gasteiger partial charge on any atom is -0.491 e. The van der Waals surface area contributed by atoms with Gasteiger partial charge in [0, 0.05) is 17.6 Å². The van der Waals surface area contributed by atoms with E-state index in [1.54, 1.807) is 18.2 Å². The van der Waals surface area contributed by atoms with Crippen molar-refractivity contribution in [2.45, 2.75) is 6.23 Å². The van der Waals surface area contributed by atoms with Crippen molar-refractivity contribution in [1.82, 2.24) is 0 Å². The number of carbonyl (C=O) groups is 1.